The number of aliphatic hydroxyl groups is 3. The molecule has 3 aliphatic rings. The highest BCUT2D eigenvalue weighted by atomic mass is 16.7. The molecule has 1 aromatic carbocycles. The second-order valence-electron chi connectivity index (χ2n) is 24.1. The molecule has 18 atom stereocenters. The van der Waals surface area contributed by atoms with Gasteiger partial charge in [-0.1, -0.05) is 33.8 Å². The Morgan fingerprint density at radius 3 is 2.13 bits per heavy atom. The summed E-state index contributed by atoms with van der Waals surface area (Å²) >= 11 is 0. The fraction of sp³-hybridized carbons (Fsp3) is 0.767. The molecule has 1 amide bonds. The molecule has 82 heavy (non-hydrogen) atoms. The lowest BCUT2D eigenvalue weighted by atomic mass is 9.74. The molecule has 4 heterocycles. The Morgan fingerprint density at radius 1 is 0.866 bits per heavy atom. The van der Waals surface area contributed by atoms with Crippen LogP contribution in [0.5, 0.6) is 0 Å². The molecular formula is C60H96N4O18. The van der Waals surface area contributed by atoms with Crippen LogP contribution >= 0.6 is 0 Å². The van der Waals surface area contributed by atoms with Gasteiger partial charge in [-0.25, -0.2) is 4.79 Å². The van der Waals surface area contributed by atoms with Crippen LogP contribution in [0.3, 0.4) is 0 Å². The summed E-state index contributed by atoms with van der Waals surface area (Å²) in [6.07, 6.45) is -6.96. The Morgan fingerprint density at radius 2 is 1.52 bits per heavy atom. The predicted molar refractivity (Wildman–Crippen MR) is 304 cm³/mol. The number of nitrogens with one attached hydrogen (secondary N) is 1. The normalized spacial score (nSPS) is 35.2. The van der Waals surface area contributed by atoms with E-state index in [2.05, 4.69) is 5.32 Å². The minimum atomic E-state index is -2.03. The first kappa shape index (κ1) is 68.3. The number of cyclic esters (lactones) is 1. The standard InChI is InChI=1S/C60H96N4O18/c1-18-44-60(11,73)52(70)35(5)48(67)33(3)29-58(9,74-16)53(82-57-50(69)43(62(12)13)27-34(4)77-57)36(6)51(37(7)55(71)79-44)81-47-30-59(10,75-17)54(38(8)78-47)80-46(66)24-26-61-25-20-21-39-22-23-42-40(28-39)49(68)41(31-64(42)19-2)56(72)76-32-45(65)63(14)15/h22-23,28,31,33-38,43-44,47,50-54,57,61,69-70,73H,18-21,24-27,29-30,32H2,1-17H3/t33-,34+,35-,36+,37+,38-,43-,44-,47+,50-,51+,52+,53-,54+,57-,58+,59-,60+/m0/s1. The monoisotopic (exact) mass is 1160 g/mol. The molecule has 0 saturated carbocycles. The van der Waals surface area contributed by atoms with Crippen LogP contribution < -0.4 is 10.7 Å². The first-order valence-electron chi connectivity index (χ1n) is 29.0. The van der Waals surface area contributed by atoms with E-state index >= 15 is 0 Å². The Bertz CT molecular complexity index is 2560. The van der Waals surface area contributed by atoms with Crippen LogP contribution in [-0.2, 0) is 74.8 Å². The average molecular weight is 1160 g/mol. The summed E-state index contributed by atoms with van der Waals surface area (Å²) in [6.45, 7) is 19.7. The minimum absolute atomic E-state index is 0.0205. The summed E-state index contributed by atoms with van der Waals surface area (Å²) in [5.41, 5.74) is -3.64. The number of carbonyl (C=O) groups is 5. The van der Waals surface area contributed by atoms with Crippen LogP contribution in [0.4, 0.5) is 0 Å². The molecule has 464 valence electrons. The lowest BCUT2D eigenvalue weighted by Crippen LogP contribution is -2.61. The maximum Gasteiger partial charge on any atom is 0.344 e. The van der Waals surface area contributed by atoms with Crippen molar-refractivity contribution in [2.75, 3.05) is 62.1 Å². The van der Waals surface area contributed by atoms with Crippen molar-refractivity contribution < 1.29 is 81.9 Å². The molecule has 2 aromatic rings. The third kappa shape index (κ3) is 15.9. The van der Waals surface area contributed by atoms with E-state index in [9.17, 15) is 44.1 Å². The number of carbonyl (C=O) groups excluding carboxylic acids is 5. The van der Waals surface area contributed by atoms with Crippen molar-refractivity contribution in [3.05, 3.63) is 45.7 Å². The van der Waals surface area contributed by atoms with Gasteiger partial charge in [0.2, 0.25) is 5.43 Å². The summed E-state index contributed by atoms with van der Waals surface area (Å²) in [5.74, 6) is -6.65. The fourth-order valence-electron chi connectivity index (χ4n) is 12.1. The van der Waals surface area contributed by atoms with Gasteiger partial charge < -0.3 is 77.6 Å². The zero-order chi connectivity index (χ0) is 61.3. The highest BCUT2D eigenvalue weighted by Crippen LogP contribution is 2.42. The third-order valence-electron chi connectivity index (χ3n) is 17.3. The number of esters is 3. The van der Waals surface area contributed by atoms with Gasteiger partial charge in [-0.3, -0.25) is 24.0 Å². The number of nitrogens with zero attached hydrogens (tertiary/aromatic N) is 3. The smallest absolute Gasteiger partial charge is 0.344 e. The van der Waals surface area contributed by atoms with Crippen LogP contribution in [0.2, 0.25) is 0 Å². The van der Waals surface area contributed by atoms with Gasteiger partial charge in [0.05, 0.1) is 54.0 Å². The summed E-state index contributed by atoms with van der Waals surface area (Å²) in [7, 11) is 9.80. The summed E-state index contributed by atoms with van der Waals surface area (Å²) in [6, 6.07) is 5.21. The highest BCUT2D eigenvalue weighted by molar-refractivity contribution is 5.95. The van der Waals surface area contributed by atoms with Crippen LogP contribution in [0.15, 0.2) is 29.2 Å². The number of benzene rings is 1. The molecule has 22 heteroatoms. The van der Waals surface area contributed by atoms with Crippen molar-refractivity contribution in [3.63, 3.8) is 0 Å². The number of aryl methyl sites for hydroxylation is 2. The van der Waals surface area contributed by atoms with E-state index in [1.54, 1.807) is 66.3 Å². The zero-order valence-corrected chi connectivity index (χ0v) is 51.6. The Balaban J connectivity index is 1.32. The highest BCUT2D eigenvalue weighted by Gasteiger charge is 2.55. The number of aromatic nitrogens is 1. The first-order valence-corrected chi connectivity index (χ1v) is 29.0. The number of ketones is 1. The largest absolute Gasteiger partial charge is 0.459 e. The lowest BCUT2D eigenvalue weighted by molar-refractivity contribution is -0.320. The number of hydrogen-bond acceptors (Lipinski definition) is 20. The number of pyridine rings is 1. The van der Waals surface area contributed by atoms with Crippen LogP contribution in [0, 0.1) is 23.7 Å². The molecule has 22 nitrogen and oxygen atoms in total. The molecule has 3 aliphatic heterocycles. The number of rotatable bonds is 20. The molecule has 0 spiro atoms. The molecule has 3 fully saturated rings. The van der Waals surface area contributed by atoms with Crippen molar-refractivity contribution in [2.45, 2.75) is 212 Å². The van der Waals surface area contributed by atoms with E-state index in [1.807, 2.05) is 51.9 Å². The summed E-state index contributed by atoms with van der Waals surface area (Å²) < 4.78 is 58.4. The van der Waals surface area contributed by atoms with Gasteiger partial charge in [-0.05, 0) is 119 Å². The van der Waals surface area contributed by atoms with Crippen LogP contribution in [0.1, 0.15) is 131 Å². The van der Waals surface area contributed by atoms with E-state index in [0.717, 1.165) is 5.56 Å². The van der Waals surface area contributed by atoms with Crippen molar-refractivity contribution in [1.29, 1.82) is 0 Å². The van der Waals surface area contributed by atoms with E-state index in [4.69, 9.17) is 42.6 Å². The molecule has 0 radical (unpaired) electrons. The summed E-state index contributed by atoms with van der Waals surface area (Å²) in [5, 5.41) is 39.0. The number of hydrogen-bond donors (Lipinski definition) is 4. The third-order valence-corrected chi connectivity index (χ3v) is 17.3. The number of fused-ring (bicyclic) bond motifs is 1. The molecule has 0 aliphatic carbocycles. The molecule has 4 N–H and O–H groups in total. The van der Waals surface area contributed by atoms with E-state index < -0.39 is 132 Å². The maximum absolute atomic E-state index is 14.6. The number of Topliss-reactive ketones (excluding diaryl/α,β-unsaturated/α-hetero) is 1. The van der Waals surface area contributed by atoms with Gasteiger partial charge in [0.1, 0.15) is 34.8 Å². The van der Waals surface area contributed by atoms with Crippen molar-refractivity contribution in [2.24, 2.45) is 23.7 Å². The van der Waals surface area contributed by atoms with Gasteiger partial charge >= 0.3 is 17.9 Å². The Kier molecular flexibility index (Phi) is 24.2. The quantitative estimate of drug-likeness (QED) is 0.0823. The van der Waals surface area contributed by atoms with Gasteiger partial charge in [-0.2, -0.15) is 0 Å². The molecule has 3 saturated heterocycles. The lowest BCUT2D eigenvalue weighted by Gasteiger charge is -2.50. The van der Waals surface area contributed by atoms with E-state index in [0.29, 0.717) is 49.8 Å². The molecular weight excluding hydrogens is 1060 g/mol. The fourth-order valence-corrected chi connectivity index (χ4v) is 12.1. The Labute approximate surface area is 484 Å². The second-order valence-corrected chi connectivity index (χ2v) is 24.1. The molecule has 0 bridgehead atoms. The van der Waals surface area contributed by atoms with Gasteiger partial charge in [0.15, 0.2) is 25.3 Å². The Hall–Kier alpha value is -4.46. The second kappa shape index (κ2) is 29.1. The van der Waals surface area contributed by atoms with Crippen molar-refractivity contribution in [1.82, 2.24) is 19.7 Å². The SMILES string of the molecule is CC[C@@H]1OC(=O)[C@H](C)[C@H](O[C@@H]2C[C@](C)(OC)[C@H](OC(=O)CCNCCCc3ccc4c(c3)c(=O)c(C(=O)OCC(=O)N(C)C)cn4CC)[C@H](C)O2)[C@@H](C)[C@H](O[C@@H]2O[C@H](C)C[C@H](N(C)C)[C@@H]2O)[C@](C)(OC)C[C@H](C)C(=O)[C@H](C)[C@@H](O)[C@]1(C)O. The van der Waals surface area contributed by atoms with Gasteiger partial charge in [-0.15, -0.1) is 0 Å². The molecule has 5 rings (SSSR count). The van der Waals surface area contributed by atoms with Gasteiger partial charge in [0, 0.05) is 83.2 Å². The van der Waals surface area contributed by atoms with E-state index in [-0.39, 0.29) is 49.2 Å². The summed E-state index contributed by atoms with van der Waals surface area (Å²) in [4.78, 5) is 84.1. The predicted octanol–water partition coefficient (Wildman–Crippen LogP) is 4.18. The number of ether oxygens (including phenoxy) is 9. The van der Waals surface area contributed by atoms with Crippen molar-refractivity contribution in [3.8, 4) is 0 Å². The molecule has 0 unspecified atom stereocenters. The number of aliphatic hydroxyl groups excluding tert-OH is 2. The molecule has 1 aromatic heterocycles. The zero-order valence-electron chi connectivity index (χ0n) is 51.6. The topological polar surface area (TPSA) is 270 Å². The van der Waals surface area contributed by atoms with Crippen LogP contribution in [-0.4, -0.2) is 206 Å². The number of likely N-dealkylation sites (N-methyl/N-ethyl adjacent to an activating group) is 2. The maximum atomic E-state index is 14.6. The first-order chi connectivity index (χ1) is 38.4. The van der Waals surface area contributed by atoms with Crippen LogP contribution in [0.25, 0.3) is 10.9 Å². The van der Waals surface area contributed by atoms with Gasteiger partial charge in [0.25, 0.3) is 5.91 Å². The average Bonchev–Trinajstić information content (AvgIpc) is 3.62. The number of amides is 1. The minimum Gasteiger partial charge on any atom is -0.459 e. The van der Waals surface area contributed by atoms with Crippen molar-refractivity contribution >= 4 is 40.5 Å². The van der Waals surface area contributed by atoms with E-state index in [1.165, 1.54) is 39.2 Å². The number of methoxy groups -OCH3 is 2.